The largest absolute Gasteiger partial charge is 0.268 e. The number of aromatic nitrogens is 3. The minimum atomic E-state index is 0.372. The molecule has 0 unspecified atom stereocenters. The van der Waals surface area contributed by atoms with Gasteiger partial charge < -0.3 is 0 Å². The van der Waals surface area contributed by atoms with Gasteiger partial charge in [-0.2, -0.15) is 5.10 Å². The van der Waals surface area contributed by atoms with Crippen molar-refractivity contribution >= 4 is 15.9 Å². The standard InChI is InChI=1S/C11H12BrN3/c1-8(2)15-7-10(12)11(14-15)9-3-5-13-6-4-9/h3-8H,1-2H3. The van der Waals surface area contributed by atoms with Crippen LogP contribution in [0, 0.1) is 0 Å². The normalized spacial score (nSPS) is 10.9. The van der Waals surface area contributed by atoms with Gasteiger partial charge in [0.05, 0.1) is 4.47 Å². The SMILES string of the molecule is CC(C)n1cc(Br)c(-c2ccncc2)n1. The Kier molecular flexibility index (Phi) is 2.86. The van der Waals surface area contributed by atoms with Gasteiger partial charge in [0.2, 0.25) is 0 Å². The molecular weight excluding hydrogens is 254 g/mol. The molecular formula is C11H12BrN3. The van der Waals surface area contributed by atoms with E-state index in [0.717, 1.165) is 15.7 Å². The second-order valence-electron chi connectivity index (χ2n) is 3.64. The van der Waals surface area contributed by atoms with Crippen molar-refractivity contribution in [2.24, 2.45) is 0 Å². The predicted molar refractivity (Wildman–Crippen MR) is 63.5 cm³/mol. The molecule has 0 N–H and O–H groups in total. The summed E-state index contributed by atoms with van der Waals surface area (Å²) in [5, 5.41) is 4.52. The lowest BCUT2D eigenvalue weighted by Gasteiger charge is -2.03. The Hall–Kier alpha value is -1.16. The molecule has 2 aromatic heterocycles. The second kappa shape index (κ2) is 4.14. The summed E-state index contributed by atoms with van der Waals surface area (Å²) in [6.07, 6.45) is 5.55. The van der Waals surface area contributed by atoms with Crippen molar-refractivity contribution in [3.63, 3.8) is 0 Å². The Bertz CT molecular complexity index is 448. The van der Waals surface area contributed by atoms with E-state index >= 15 is 0 Å². The van der Waals surface area contributed by atoms with E-state index < -0.39 is 0 Å². The molecule has 0 fully saturated rings. The van der Waals surface area contributed by atoms with Crippen LogP contribution in [-0.2, 0) is 0 Å². The third kappa shape index (κ3) is 2.09. The van der Waals surface area contributed by atoms with Gasteiger partial charge in [-0.3, -0.25) is 9.67 Å². The average molecular weight is 266 g/mol. The fourth-order valence-electron chi connectivity index (χ4n) is 1.34. The molecule has 0 aromatic carbocycles. The number of halogens is 1. The van der Waals surface area contributed by atoms with Crippen molar-refractivity contribution in [3.05, 3.63) is 35.2 Å². The monoisotopic (exact) mass is 265 g/mol. The van der Waals surface area contributed by atoms with Gasteiger partial charge in [0, 0.05) is 30.2 Å². The second-order valence-corrected chi connectivity index (χ2v) is 4.49. The number of hydrogen-bond donors (Lipinski definition) is 0. The molecule has 2 aromatic rings. The summed E-state index contributed by atoms with van der Waals surface area (Å²) in [6, 6.07) is 4.28. The molecule has 0 amide bonds. The molecule has 0 aliphatic rings. The lowest BCUT2D eigenvalue weighted by atomic mass is 10.2. The molecule has 0 atom stereocenters. The van der Waals surface area contributed by atoms with Gasteiger partial charge in [-0.1, -0.05) is 0 Å². The van der Waals surface area contributed by atoms with Crippen molar-refractivity contribution in [2.45, 2.75) is 19.9 Å². The molecule has 2 heterocycles. The zero-order valence-electron chi connectivity index (χ0n) is 8.68. The molecule has 3 nitrogen and oxygen atoms in total. The molecule has 2 rings (SSSR count). The van der Waals surface area contributed by atoms with E-state index in [9.17, 15) is 0 Å². The van der Waals surface area contributed by atoms with E-state index in [2.05, 4.69) is 39.9 Å². The molecule has 0 bridgehead atoms. The summed E-state index contributed by atoms with van der Waals surface area (Å²) in [4.78, 5) is 3.99. The minimum absolute atomic E-state index is 0.372. The molecule has 0 saturated carbocycles. The quantitative estimate of drug-likeness (QED) is 0.835. The summed E-state index contributed by atoms with van der Waals surface area (Å²) >= 11 is 3.52. The van der Waals surface area contributed by atoms with Crippen LogP contribution in [-0.4, -0.2) is 14.8 Å². The maximum atomic E-state index is 4.52. The van der Waals surface area contributed by atoms with Gasteiger partial charge in [-0.25, -0.2) is 0 Å². The maximum absolute atomic E-state index is 4.52. The summed E-state index contributed by atoms with van der Waals surface area (Å²) < 4.78 is 2.96. The topological polar surface area (TPSA) is 30.7 Å². The van der Waals surface area contributed by atoms with Crippen LogP contribution in [0.1, 0.15) is 19.9 Å². The van der Waals surface area contributed by atoms with Crippen LogP contribution in [0.5, 0.6) is 0 Å². The molecule has 0 spiro atoms. The molecule has 78 valence electrons. The maximum Gasteiger partial charge on any atom is 0.107 e. The molecule has 0 aliphatic carbocycles. The first-order chi connectivity index (χ1) is 7.18. The first kappa shape index (κ1) is 10.4. The smallest absolute Gasteiger partial charge is 0.107 e. The molecule has 0 radical (unpaired) electrons. The number of hydrogen-bond acceptors (Lipinski definition) is 2. The first-order valence-corrected chi connectivity index (χ1v) is 5.63. The first-order valence-electron chi connectivity index (χ1n) is 4.83. The summed E-state index contributed by atoms with van der Waals surface area (Å²) in [5.41, 5.74) is 2.04. The number of rotatable bonds is 2. The van der Waals surface area contributed by atoms with Crippen molar-refractivity contribution in [1.29, 1.82) is 0 Å². The van der Waals surface area contributed by atoms with E-state index in [4.69, 9.17) is 0 Å². The highest BCUT2D eigenvalue weighted by Gasteiger charge is 2.09. The van der Waals surface area contributed by atoms with Crippen LogP contribution in [0.25, 0.3) is 11.3 Å². The van der Waals surface area contributed by atoms with Gasteiger partial charge in [0.1, 0.15) is 5.69 Å². The van der Waals surface area contributed by atoms with Gasteiger partial charge in [0.25, 0.3) is 0 Å². The highest BCUT2D eigenvalue weighted by molar-refractivity contribution is 9.10. The molecule has 0 aliphatic heterocycles. The Balaban J connectivity index is 2.45. The van der Waals surface area contributed by atoms with Crippen LogP contribution in [0.4, 0.5) is 0 Å². The van der Waals surface area contributed by atoms with Crippen molar-refractivity contribution in [2.75, 3.05) is 0 Å². The highest BCUT2D eigenvalue weighted by Crippen LogP contribution is 2.27. The molecule has 4 heteroatoms. The number of pyridine rings is 1. The predicted octanol–water partition coefficient (Wildman–Crippen LogP) is 3.29. The van der Waals surface area contributed by atoms with Crippen molar-refractivity contribution in [1.82, 2.24) is 14.8 Å². The van der Waals surface area contributed by atoms with Gasteiger partial charge in [-0.05, 0) is 41.9 Å². The van der Waals surface area contributed by atoms with Crippen molar-refractivity contribution in [3.8, 4) is 11.3 Å². The summed E-state index contributed by atoms with van der Waals surface area (Å²) in [7, 11) is 0. The lowest BCUT2D eigenvalue weighted by Crippen LogP contribution is -2.00. The van der Waals surface area contributed by atoms with Crippen molar-refractivity contribution < 1.29 is 0 Å². The van der Waals surface area contributed by atoms with Gasteiger partial charge in [-0.15, -0.1) is 0 Å². The highest BCUT2D eigenvalue weighted by atomic mass is 79.9. The van der Waals surface area contributed by atoms with E-state index in [-0.39, 0.29) is 0 Å². The Morgan fingerprint density at radius 2 is 1.93 bits per heavy atom. The van der Waals surface area contributed by atoms with E-state index in [1.807, 2.05) is 23.0 Å². The zero-order chi connectivity index (χ0) is 10.8. The zero-order valence-corrected chi connectivity index (χ0v) is 10.3. The van der Waals surface area contributed by atoms with Crippen LogP contribution >= 0.6 is 15.9 Å². The van der Waals surface area contributed by atoms with Gasteiger partial charge >= 0.3 is 0 Å². The Morgan fingerprint density at radius 1 is 1.27 bits per heavy atom. The third-order valence-electron chi connectivity index (χ3n) is 2.17. The van der Waals surface area contributed by atoms with Gasteiger partial charge in [0.15, 0.2) is 0 Å². The lowest BCUT2D eigenvalue weighted by molar-refractivity contribution is 0.534. The minimum Gasteiger partial charge on any atom is -0.268 e. The van der Waals surface area contributed by atoms with Crippen LogP contribution in [0.3, 0.4) is 0 Å². The Labute approximate surface area is 97.3 Å². The van der Waals surface area contributed by atoms with E-state index in [1.54, 1.807) is 12.4 Å². The van der Waals surface area contributed by atoms with E-state index in [0.29, 0.717) is 6.04 Å². The molecule has 15 heavy (non-hydrogen) atoms. The van der Waals surface area contributed by atoms with Crippen LogP contribution in [0.2, 0.25) is 0 Å². The average Bonchev–Trinajstić information content (AvgIpc) is 2.62. The van der Waals surface area contributed by atoms with Crippen LogP contribution in [0.15, 0.2) is 35.2 Å². The van der Waals surface area contributed by atoms with Crippen LogP contribution < -0.4 is 0 Å². The number of nitrogens with zero attached hydrogens (tertiary/aromatic N) is 3. The molecule has 0 saturated heterocycles. The summed E-state index contributed by atoms with van der Waals surface area (Å²) in [5.74, 6) is 0. The fraction of sp³-hybridized carbons (Fsp3) is 0.273. The third-order valence-corrected chi connectivity index (χ3v) is 2.75. The Morgan fingerprint density at radius 3 is 2.47 bits per heavy atom. The fourth-order valence-corrected chi connectivity index (χ4v) is 1.86. The van der Waals surface area contributed by atoms with E-state index in [1.165, 1.54) is 0 Å². The summed E-state index contributed by atoms with van der Waals surface area (Å²) in [6.45, 7) is 4.21.